The SMILES string of the molecule is C[C@H]1O[C@@H](O[C@H]2CC[C@@]3(CO)[C@@H](CC[C@@H]4[C@H]3CC[C@]3(C)[C@@H](C5=CC(=O)OC5)CC[C@]43O)C2)[C@H](O)[C@H](O)[C@H]1O[C@H]1O[C@H](CO)[C@@H](O)[C@H](O)[C@H]1O. The highest BCUT2D eigenvalue weighted by Crippen LogP contribution is 2.70. The molecular formula is C35H54O14. The van der Waals surface area contributed by atoms with Crippen molar-refractivity contribution in [3.05, 3.63) is 11.6 Å². The molecule has 0 bridgehead atoms. The number of hydrogen-bond donors (Lipinski definition) is 8. The Balaban J connectivity index is 0.995. The first-order valence-electron chi connectivity index (χ1n) is 18.1. The number of cyclic esters (lactones) is 1. The van der Waals surface area contributed by atoms with Gasteiger partial charge in [0.1, 0.15) is 49.3 Å². The molecule has 0 aromatic rings. The van der Waals surface area contributed by atoms with Crippen molar-refractivity contribution in [2.75, 3.05) is 19.8 Å². The number of aliphatic hydroxyl groups is 8. The molecule has 0 spiro atoms. The van der Waals surface area contributed by atoms with Gasteiger partial charge in [0.05, 0.1) is 24.4 Å². The third-order valence-corrected chi connectivity index (χ3v) is 14.2. The van der Waals surface area contributed by atoms with Gasteiger partial charge in [-0.15, -0.1) is 0 Å². The molecule has 14 nitrogen and oxygen atoms in total. The second-order valence-electron chi connectivity index (χ2n) is 16.2. The molecule has 4 saturated carbocycles. The van der Waals surface area contributed by atoms with E-state index in [9.17, 15) is 45.6 Å². The lowest BCUT2D eigenvalue weighted by atomic mass is 9.43. The number of ether oxygens (including phenoxy) is 5. The Hall–Kier alpha value is -1.27. The average molecular weight is 699 g/mol. The molecule has 8 N–H and O–H groups in total. The van der Waals surface area contributed by atoms with Crippen LogP contribution in [0.5, 0.6) is 0 Å². The Morgan fingerprint density at radius 3 is 2.27 bits per heavy atom. The fourth-order valence-corrected chi connectivity index (χ4v) is 11.4. The third kappa shape index (κ3) is 5.64. The number of esters is 1. The summed E-state index contributed by atoms with van der Waals surface area (Å²) in [5.74, 6) is 0.104. The smallest absolute Gasteiger partial charge is 0.331 e. The number of fused-ring (bicyclic) bond motifs is 5. The summed E-state index contributed by atoms with van der Waals surface area (Å²) in [7, 11) is 0. The first-order valence-corrected chi connectivity index (χ1v) is 18.1. The van der Waals surface area contributed by atoms with E-state index in [0.29, 0.717) is 32.3 Å². The lowest BCUT2D eigenvalue weighted by molar-refractivity contribution is -0.360. The lowest BCUT2D eigenvalue weighted by Gasteiger charge is -2.64. The molecule has 0 aromatic carbocycles. The zero-order valence-electron chi connectivity index (χ0n) is 28.3. The molecule has 2 saturated heterocycles. The van der Waals surface area contributed by atoms with Crippen molar-refractivity contribution in [2.24, 2.45) is 34.5 Å². The van der Waals surface area contributed by atoms with Crippen LogP contribution in [0.2, 0.25) is 0 Å². The highest BCUT2D eigenvalue weighted by atomic mass is 16.7. The highest BCUT2D eigenvalue weighted by Gasteiger charge is 2.68. The molecule has 0 aromatic heterocycles. The third-order valence-electron chi connectivity index (χ3n) is 14.2. The van der Waals surface area contributed by atoms with Gasteiger partial charge in [-0.25, -0.2) is 4.79 Å². The summed E-state index contributed by atoms with van der Waals surface area (Å²) >= 11 is 0. The van der Waals surface area contributed by atoms with Gasteiger partial charge in [-0.1, -0.05) is 6.92 Å². The van der Waals surface area contributed by atoms with E-state index in [1.807, 2.05) is 0 Å². The van der Waals surface area contributed by atoms with Crippen molar-refractivity contribution in [1.82, 2.24) is 0 Å². The van der Waals surface area contributed by atoms with Gasteiger partial charge >= 0.3 is 5.97 Å². The Bertz CT molecular complexity index is 1260. The molecule has 3 heterocycles. The van der Waals surface area contributed by atoms with Gasteiger partial charge in [0.25, 0.3) is 0 Å². The highest BCUT2D eigenvalue weighted by molar-refractivity contribution is 5.85. The topological polar surface area (TPSA) is 225 Å². The number of rotatable bonds is 7. The second kappa shape index (κ2) is 13.3. The molecule has 49 heavy (non-hydrogen) atoms. The molecule has 14 heteroatoms. The minimum absolute atomic E-state index is 0.0184. The van der Waals surface area contributed by atoms with Gasteiger partial charge < -0.3 is 64.5 Å². The molecular weight excluding hydrogens is 644 g/mol. The van der Waals surface area contributed by atoms with Crippen LogP contribution in [0.4, 0.5) is 0 Å². The summed E-state index contributed by atoms with van der Waals surface area (Å²) in [6.07, 6.45) is -5.76. The molecule has 0 unspecified atom stereocenters. The summed E-state index contributed by atoms with van der Waals surface area (Å²) in [5, 5.41) is 85.8. The Morgan fingerprint density at radius 2 is 1.57 bits per heavy atom. The minimum atomic E-state index is -1.67. The molecule has 7 aliphatic rings. The summed E-state index contributed by atoms with van der Waals surface area (Å²) in [4.78, 5) is 11.9. The molecule has 7 rings (SSSR count). The van der Waals surface area contributed by atoms with Crippen LogP contribution in [0, 0.1) is 34.5 Å². The van der Waals surface area contributed by atoms with Gasteiger partial charge in [0, 0.05) is 18.1 Å². The van der Waals surface area contributed by atoms with Crippen molar-refractivity contribution in [2.45, 2.75) is 145 Å². The van der Waals surface area contributed by atoms with E-state index in [1.54, 1.807) is 13.0 Å². The van der Waals surface area contributed by atoms with Crippen LogP contribution in [0.1, 0.15) is 71.6 Å². The van der Waals surface area contributed by atoms with Crippen LogP contribution in [0.25, 0.3) is 0 Å². The zero-order chi connectivity index (χ0) is 35.0. The fraction of sp³-hybridized carbons (Fsp3) is 0.914. The van der Waals surface area contributed by atoms with Crippen molar-refractivity contribution in [3.8, 4) is 0 Å². The predicted molar refractivity (Wildman–Crippen MR) is 167 cm³/mol. The summed E-state index contributed by atoms with van der Waals surface area (Å²) < 4.78 is 28.7. The van der Waals surface area contributed by atoms with Crippen LogP contribution in [-0.2, 0) is 28.5 Å². The zero-order valence-corrected chi connectivity index (χ0v) is 28.3. The van der Waals surface area contributed by atoms with Crippen LogP contribution in [-0.4, -0.2) is 140 Å². The lowest BCUT2D eigenvalue weighted by Crippen LogP contribution is -2.64. The summed E-state index contributed by atoms with van der Waals surface area (Å²) in [5.41, 5.74) is -0.641. The van der Waals surface area contributed by atoms with E-state index in [2.05, 4.69) is 6.92 Å². The molecule has 0 amide bonds. The van der Waals surface area contributed by atoms with Crippen molar-refractivity contribution >= 4 is 5.97 Å². The van der Waals surface area contributed by atoms with E-state index in [-0.39, 0.29) is 53.2 Å². The Labute approximate surface area is 285 Å². The van der Waals surface area contributed by atoms with Gasteiger partial charge in [-0.05, 0) is 99.4 Å². The van der Waals surface area contributed by atoms with Crippen LogP contribution in [0.15, 0.2) is 11.6 Å². The van der Waals surface area contributed by atoms with Crippen LogP contribution < -0.4 is 0 Å². The molecule has 278 valence electrons. The number of carbonyl (C=O) groups is 1. The predicted octanol–water partition coefficient (Wildman–Crippen LogP) is -0.747. The van der Waals surface area contributed by atoms with Gasteiger partial charge in [-0.3, -0.25) is 0 Å². The van der Waals surface area contributed by atoms with E-state index in [4.69, 9.17) is 23.7 Å². The van der Waals surface area contributed by atoms with Gasteiger partial charge in [0.2, 0.25) is 0 Å². The first kappa shape index (κ1) is 36.1. The van der Waals surface area contributed by atoms with Crippen molar-refractivity contribution in [1.29, 1.82) is 0 Å². The maximum atomic E-state index is 12.5. The largest absolute Gasteiger partial charge is 0.458 e. The quantitative estimate of drug-likeness (QED) is 0.121. The molecule has 4 aliphatic carbocycles. The minimum Gasteiger partial charge on any atom is -0.458 e. The molecule has 18 atom stereocenters. The standard InChI is InChI=1S/C35H54O14/c1-16-30(49-32-28(42)26(40)25(39)23(13-36)48-32)27(41)29(43)31(46-16)47-19-5-9-34(15-37)18(12-19)3-4-22-21(34)6-8-33(2)20(7-10-35(22,33)44)17-11-24(38)45-14-17/h11,16,18-23,25-32,36-37,39-44H,3-10,12-15H2,1-2H3/t16-,18+,19+,20-,21-,22-,23-,25-,26+,27+,28-,29-,30+,31+,32-,33-,34-,35+/m1/s1. The van der Waals surface area contributed by atoms with Gasteiger partial charge in [0.15, 0.2) is 12.6 Å². The maximum Gasteiger partial charge on any atom is 0.331 e. The maximum absolute atomic E-state index is 12.5. The van der Waals surface area contributed by atoms with E-state index in [1.165, 1.54) is 0 Å². The second-order valence-corrected chi connectivity index (χ2v) is 16.2. The Morgan fingerprint density at radius 1 is 0.837 bits per heavy atom. The number of hydrogen-bond acceptors (Lipinski definition) is 14. The summed E-state index contributed by atoms with van der Waals surface area (Å²) in [6.45, 7) is 3.47. The monoisotopic (exact) mass is 698 g/mol. The van der Waals surface area contributed by atoms with Crippen LogP contribution >= 0.6 is 0 Å². The molecule has 0 radical (unpaired) electrons. The van der Waals surface area contributed by atoms with E-state index < -0.39 is 73.6 Å². The average Bonchev–Trinajstić information content (AvgIpc) is 3.64. The number of carbonyl (C=O) groups excluding carboxylic acids is 1. The van der Waals surface area contributed by atoms with Gasteiger partial charge in [-0.2, -0.15) is 0 Å². The fourth-order valence-electron chi connectivity index (χ4n) is 11.4. The van der Waals surface area contributed by atoms with Crippen molar-refractivity contribution in [3.63, 3.8) is 0 Å². The number of aliphatic hydroxyl groups excluding tert-OH is 7. The van der Waals surface area contributed by atoms with Crippen molar-refractivity contribution < 1.29 is 69.3 Å². The normalized spacial score (nSPS) is 54.4. The molecule has 6 fully saturated rings. The van der Waals surface area contributed by atoms with Crippen LogP contribution in [0.3, 0.4) is 0 Å². The van der Waals surface area contributed by atoms with E-state index in [0.717, 1.165) is 37.7 Å². The van der Waals surface area contributed by atoms with E-state index >= 15 is 0 Å². The summed E-state index contributed by atoms with van der Waals surface area (Å²) in [6, 6.07) is 0. The Kier molecular flexibility index (Phi) is 9.80. The first-order chi connectivity index (χ1) is 23.3. The molecule has 3 aliphatic heterocycles.